The van der Waals surface area contributed by atoms with Gasteiger partial charge in [-0.3, -0.25) is 10.1 Å². The molecule has 0 saturated heterocycles. The van der Waals surface area contributed by atoms with Crippen LogP contribution in [0.2, 0.25) is 0 Å². The van der Waals surface area contributed by atoms with Crippen molar-refractivity contribution in [3.05, 3.63) is 27.9 Å². The molecule has 1 fully saturated rings. The van der Waals surface area contributed by atoms with Crippen LogP contribution >= 0.6 is 0 Å². The maximum absolute atomic E-state index is 10.8. The summed E-state index contributed by atoms with van der Waals surface area (Å²) in [6.07, 6.45) is 5.29. The van der Waals surface area contributed by atoms with E-state index in [0.29, 0.717) is 17.4 Å². The van der Waals surface area contributed by atoms with Gasteiger partial charge < -0.3 is 5.32 Å². The molecule has 1 unspecified atom stereocenters. The lowest BCUT2D eigenvalue weighted by Gasteiger charge is -2.13. The van der Waals surface area contributed by atoms with Crippen molar-refractivity contribution in [3.63, 3.8) is 0 Å². The number of nitro groups is 1. The summed E-state index contributed by atoms with van der Waals surface area (Å²) < 4.78 is 0. The fourth-order valence-electron chi connectivity index (χ4n) is 1.95. The van der Waals surface area contributed by atoms with E-state index in [1.165, 1.54) is 18.9 Å². The predicted molar refractivity (Wildman–Crippen MR) is 66.1 cm³/mol. The molecule has 1 aromatic rings. The maximum atomic E-state index is 10.8. The van der Waals surface area contributed by atoms with Gasteiger partial charge in [-0.05, 0) is 26.2 Å². The van der Waals surface area contributed by atoms with Gasteiger partial charge in [-0.25, -0.2) is 4.98 Å². The van der Waals surface area contributed by atoms with E-state index in [0.717, 1.165) is 12.3 Å². The Hall–Kier alpha value is -1.65. The van der Waals surface area contributed by atoms with Crippen LogP contribution < -0.4 is 5.32 Å². The number of rotatable bonds is 5. The van der Waals surface area contributed by atoms with E-state index in [4.69, 9.17) is 0 Å². The summed E-state index contributed by atoms with van der Waals surface area (Å²) in [4.78, 5) is 14.6. The Balaban J connectivity index is 2.04. The topological polar surface area (TPSA) is 68.1 Å². The van der Waals surface area contributed by atoms with Gasteiger partial charge in [0.05, 0.1) is 11.0 Å². The summed E-state index contributed by atoms with van der Waals surface area (Å²) in [6.45, 7) is 3.79. The first kappa shape index (κ1) is 11.8. The van der Waals surface area contributed by atoms with Crippen LogP contribution in [-0.4, -0.2) is 15.9 Å². The van der Waals surface area contributed by atoms with Gasteiger partial charge in [0, 0.05) is 17.8 Å². The molecule has 0 bridgehead atoms. The van der Waals surface area contributed by atoms with Crippen molar-refractivity contribution in [2.45, 2.75) is 39.2 Å². The van der Waals surface area contributed by atoms with Gasteiger partial charge in [-0.2, -0.15) is 0 Å². The summed E-state index contributed by atoms with van der Waals surface area (Å²) in [5.41, 5.74) is 0.719. The van der Waals surface area contributed by atoms with E-state index in [2.05, 4.69) is 17.2 Å². The molecule has 0 amide bonds. The molecule has 92 valence electrons. The summed E-state index contributed by atoms with van der Waals surface area (Å²) in [6, 6.07) is 1.83. The standard InChI is InChI=1S/C12H17N3O2/c1-8-7-13-12(6-11(8)15(16)17)14-9(2)5-10-3-4-10/h6-7,9-10H,3-5H2,1-2H3,(H,13,14). The first-order valence-corrected chi connectivity index (χ1v) is 5.94. The molecule has 2 rings (SSSR count). The van der Waals surface area contributed by atoms with Gasteiger partial charge in [0.2, 0.25) is 0 Å². The highest BCUT2D eigenvalue weighted by molar-refractivity contribution is 5.49. The molecule has 1 aromatic heterocycles. The molecular weight excluding hydrogens is 218 g/mol. The summed E-state index contributed by atoms with van der Waals surface area (Å²) >= 11 is 0. The first-order valence-electron chi connectivity index (χ1n) is 5.94. The minimum absolute atomic E-state index is 0.126. The van der Waals surface area contributed by atoms with Gasteiger partial charge in [0.1, 0.15) is 5.82 Å². The number of nitrogens with one attached hydrogen (secondary N) is 1. The Morgan fingerprint density at radius 3 is 2.94 bits per heavy atom. The molecule has 1 heterocycles. The van der Waals surface area contributed by atoms with Crippen LogP contribution in [-0.2, 0) is 0 Å². The van der Waals surface area contributed by atoms with Crippen LogP contribution in [0.15, 0.2) is 12.3 Å². The number of hydrogen-bond donors (Lipinski definition) is 1. The third kappa shape index (κ3) is 3.15. The van der Waals surface area contributed by atoms with Crippen molar-refractivity contribution in [1.29, 1.82) is 0 Å². The number of aryl methyl sites for hydroxylation is 1. The molecule has 5 heteroatoms. The molecule has 1 aliphatic carbocycles. The second-order valence-electron chi connectivity index (χ2n) is 4.84. The third-order valence-electron chi connectivity index (χ3n) is 3.05. The Kier molecular flexibility index (Phi) is 3.26. The zero-order valence-electron chi connectivity index (χ0n) is 10.1. The molecule has 1 atom stereocenters. The smallest absolute Gasteiger partial charge is 0.277 e. The molecule has 0 aliphatic heterocycles. The molecule has 0 radical (unpaired) electrons. The van der Waals surface area contributed by atoms with Crippen molar-refractivity contribution < 1.29 is 4.92 Å². The van der Waals surface area contributed by atoms with Crippen molar-refractivity contribution in [2.24, 2.45) is 5.92 Å². The van der Waals surface area contributed by atoms with Crippen molar-refractivity contribution >= 4 is 11.5 Å². The molecule has 17 heavy (non-hydrogen) atoms. The zero-order valence-corrected chi connectivity index (χ0v) is 10.1. The molecular formula is C12H17N3O2. The SMILES string of the molecule is Cc1cnc(NC(C)CC2CC2)cc1[N+](=O)[O-]. The van der Waals surface area contributed by atoms with Crippen LogP contribution in [0.5, 0.6) is 0 Å². The largest absolute Gasteiger partial charge is 0.367 e. The summed E-state index contributed by atoms with van der Waals surface area (Å²) in [5, 5.41) is 14.0. The zero-order chi connectivity index (χ0) is 12.4. The molecule has 1 saturated carbocycles. The quantitative estimate of drug-likeness (QED) is 0.629. The molecule has 0 aromatic carbocycles. The average molecular weight is 235 g/mol. The lowest BCUT2D eigenvalue weighted by Crippen LogP contribution is -2.16. The van der Waals surface area contributed by atoms with Gasteiger partial charge in [-0.1, -0.05) is 12.8 Å². The highest BCUT2D eigenvalue weighted by Gasteiger charge is 2.23. The van der Waals surface area contributed by atoms with Crippen molar-refractivity contribution in [1.82, 2.24) is 4.98 Å². The van der Waals surface area contributed by atoms with Crippen LogP contribution in [0.1, 0.15) is 31.7 Å². The third-order valence-corrected chi connectivity index (χ3v) is 3.05. The highest BCUT2D eigenvalue weighted by Crippen LogP contribution is 2.34. The fraction of sp³-hybridized carbons (Fsp3) is 0.583. The Bertz CT molecular complexity index is 430. The summed E-state index contributed by atoms with van der Waals surface area (Å²) in [7, 11) is 0. The normalized spacial score (nSPS) is 16.6. The Morgan fingerprint density at radius 2 is 2.35 bits per heavy atom. The lowest BCUT2D eigenvalue weighted by atomic mass is 10.1. The monoisotopic (exact) mass is 235 g/mol. The van der Waals surface area contributed by atoms with E-state index >= 15 is 0 Å². The number of aromatic nitrogens is 1. The molecule has 0 spiro atoms. The molecule has 1 N–H and O–H groups in total. The minimum Gasteiger partial charge on any atom is -0.367 e. The van der Waals surface area contributed by atoms with Gasteiger partial charge >= 0.3 is 0 Å². The Morgan fingerprint density at radius 1 is 1.65 bits per heavy atom. The van der Waals surface area contributed by atoms with Crippen LogP contribution in [0.3, 0.4) is 0 Å². The second-order valence-corrected chi connectivity index (χ2v) is 4.84. The molecule has 1 aliphatic rings. The summed E-state index contributed by atoms with van der Waals surface area (Å²) in [5.74, 6) is 1.42. The van der Waals surface area contributed by atoms with E-state index in [9.17, 15) is 10.1 Å². The van der Waals surface area contributed by atoms with Crippen LogP contribution in [0, 0.1) is 23.0 Å². The number of nitrogens with zero attached hydrogens (tertiary/aromatic N) is 2. The number of hydrogen-bond acceptors (Lipinski definition) is 4. The Labute approximate surface area is 100 Å². The van der Waals surface area contributed by atoms with Crippen molar-refractivity contribution in [3.8, 4) is 0 Å². The van der Waals surface area contributed by atoms with E-state index in [1.807, 2.05) is 0 Å². The second kappa shape index (κ2) is 4.69. The number of anilines is 1. The highest BCUT2D eigenvalue weighted by atomic mass is 16.6. The van der Waals surface area contributed by atoms with Gasteiger partial charge in [0.15, 0.2) is 0 Å². The minimum atomic E-state index is -0.367. The predicted octanol–water partition coefficient (Wildman–Crippen LogP) is 2.90. The van der Waals surface area contributed by atoms with Gasteiger partial charge in [-0.15, -0.1) is 0 Å². The lowest BCUT2D eigenvalue weighted by molar-refractivity contribution is -0.385. The van der Waals surface area contributed by atoms with Crippen LogP contribution in [0.25, 0.3) is 0 Å². The van der Waals surface area contributed by atoms with Crippen LogP contribution in [0.4, 0.5) is 11.5 Å². The van der Waals surface area contributed by atoms with Crippen molar-refractivity contribution in [2.75, 3.05) is 5.32 Å². The maximum Gasteiger partial charge on any atom is 0.277 e. The fourth-order valence-corrected chi connectivity index (χ4v) is 1.95. The molecule has 5 nitrogen and oxygen atoms in total. The van der Waals surface area contributed by atoms with E-state index in [1.54, 1.807) is 13.1 Å². The first-order chi connectivity index (χ1) is 8.06. The van der Waals surface area contributed by atoms with Gasteiger partial charge in [0.25, 0.3) is 5.69 Å². The van der Waals surface area contributed by atoms with E-state index in [-0.39, 0.29) is 10.6 Å². The average Bonchev–Trinajstić information content (AvgIpc) is 3.04. The van der Waals surface area contributed by atoms with E-state index < -0.39 is 0 Å². The number of pyridine rings is 1.